The molecule has 0 spiro atoms. The van der Waals surface area contributed by atoms with E-state index >= 15 is 0 Å². The van der Waals surface area contributed by atoms with Crippen LogP contribution in [0, 0.1) is 6.92 Å². The van der Waals surface area contributed by atoms with Gasteiger partial charge in [-0.05, 0) is 25.5 Å². The zero-order valence-electron chi connectivity index (χ0n) is 17.4. The molecule has 0 bridgehead atoms. The number of nitrogens with zero attached hydrogens (tertiary/aromatic N) is 6. The number of anilines is 1. The van der Waals surface area contributed by atoms with Crippen LogP contribution in [0.15, 0.2) is 29.1 Å². The molecular formula is C21H25ClN6O2. The van der Waals surface area contributed by atoms with Gasteiger partial charge in [-0.15, -0.1) is 0 Å². The van der Waals surface area contributed by atoms with Crippen LogP contribution in [0.25, 0.3) is 11.0 Å². The zero-order valence-corrected chi connectivity index (χ0v) is 18.2. The summed E-state index contributed by atoms with van der Waals surface area (Å²) in [6.45, 7) is 6.75. The van der Waals surface area contributed by atoms with Crippen molar-refractivity contribution in [3.8, 4) is 0 Å². The van der Waals surface area contributed by atoms with E-state index in [1.807, 2.05) is 26.0 Å². The average molecular weight is 429 g/mol. The van der Waals surface area contributed by atoms with E-state index in [9.17, 15) is 9.59 Å². The number of benzene rings is 1. The normalized spacial score (nSPS) is 14.5. The van der Waals surface area contributed by atoms with Gasteiger partial charge in [0.2, 0.25) is 5.95 Å². The summed E-state index contributed by atoms with van der Waals surface area (Å²) in [5.41, 5.74) is 2.34. The number of aryl methyl sites for hydroxylation is 2. The second-order valence-corrected chi connectivity index (χ2v) is 7.94. The lowest BCUT2D eigenvalue weighted by molar-refractivity contribution is 0.0746. The van der Waals surface area contributed by atoms with Gasteiger partial charge in [0.1, 0.15) is 5.52 Å². The molecule has 3 aromatic rings. The quantitative estimate of drug-likeness (QED) is 0.638. The molecule has 8 nitrogen and oxygen atoms in total. The lowest BCUT2D eigenvalue weighted by Gasteiger charge is -2.36. The fourth-order valence-electron chi connectivity index (χ4n) is 3.98. The molecule has 158 valence electrons. The summed E-state index contributed by atoms with van der Waals surface area (Å²) < 4.78 is 3.34. The Bertz CT molecular complexity index is 1160. The van der Waals surface area contributed by atoms with Crippen molar-refractivity contribution >= 4 is 34.5 Å². The van der Waals surface area contributed by atoms with Crippen molar-refractivity contribution in [3.63, 3.8) is 0 Å². The summed E-state index contributed by atoms with van der Waals surface area (Å²) >= 11 is 6.19. The van der Waals surface area contributed by atoms with E-state index in [0.29, 0.717) is 60.3 Å². The number of halogens is 1. The summed E-state index contributed by atoms with van der Waals surface area (Å²) in [6.07, 6.45) is 0.821. The summed E-state index contributed by atoms with van der Waals surface area (Å²) in [5.74, 6) is 0.577. The molecule has 9 heteroatoms. The van der Waals surface area contributed by atoms with Crippen molar-refractivity contribution in [1.82, 2.24) is 24.2 Å². The third-order valence-electron chi connectivity index (χ3n) is 5.49. The van der Waals surface area contributed by atoms with Gasteiger partial charge in [0, 0.05) is 39.8 Å². The van der Waals surface area contributed by atoms with Crippen LogP contribution >= 0.6 is 11.6 Å². The van der Waals surface area contributed by atoms with Crippen molar-refractivity contribution in [2.24, 2.45) is 7.05 Å². The van der Waals surface area contributed by atoms with Crippen LogP contribution in [-0.4, -0.2) is 56.3 Å². The van der Waals surface area contributed by atoms with Crippen molar-refractivity contribution < 1.29 is 4.79 Å². The van der Waals surface area contributed by atoms with Crippen LogP contribution in [-0.2, 0) is 13.6 Å². The highest BCUT2D eigenvalue weighted by Crippen LogP contribution is 2.21. The molecule has 0 saturated carbocycles. The maximum atomic E-state index is 13.2. The van der Waals surface area contributed by atoms with Gasteiger partial charge in [-0.1, -0.05) is 30.7 Å². The molecule has 1 amide bonds. The van der Waals surface area contributed by atoms with Gasteiger partial charge in [0.25, 0.3) is 11.5 Å². The van der Waals surface area contributed by atoms with Crippen LogP contribution in [0.4, 0.5) is 5.95 Å². The number of carbonyl (C=O) groups excluding carboxylic acids is 1. The van der Waals surface area contributed by atoms with E-state index in [1.54, 1.807) is 33.3 Å². The minimum absolute atomic E-state index is 0.0716. The monoisotopic (exact) mass is 428 g/mol. The third kappa shape index (κ3) is 3.45. The van der Waals surface area contributed by atoms with E-state index in [1.165, 1.54) is 0 Å². The number of fused-ring (bicyclic) bond motifs is 1. The summed E-state index contributed by atoms with van der Waals surface area (Å²) in [7, 11) is 1.77. The number of carbonyl (C=O) groups is 1. The molecule has 4 rings (SSSR count). The van der Waals surface area contributed by atoms with E-state index in [2.05, 4.69) is 10.00 Å². The van der Waals surface area contributed by atoms with Gasteiger partial charge in [0.15, 0.2) is 5.52 Å². The number of hydrogen-bond donors (Lipinski definition) is 0. The van der Waals surface area contributed by atoms with E-state index in [0.717, 1.165) is 12.1 Å². The molecule has 1 aromatic carbocycles. The molecule has 0 aliphatic carbocycles. The number of piperazine rings is 1. The summed E-state index contributed by atoms with van der Waals surface area (Å²) in [5, 5.41) is 4.83. The van der Waals surface area contributed by atoms with Gasteiger partial charge in [0.05, 0.1) is 16.3 Å². The predicted molar refractivity (Wildman–Crippen MR) is 117 cm³/mol. The lowest BCUT2D eigenvalue weighted by Crippen LogP contribution is -2.50. The highest BCUT2D eigenvalue weighted by atomic mass is 35.5. The number of aromatic nitrogens is 4. The molecule has 2 aromatic heterocycles. The first kappa shape index (κ1) is 20.4. The van der Waals surface area contributed by atoms with Crippen LogP contribution in [0.1, 0.15) is 29.4 Å². The Balaban J connectivity index is 1.62. The van der Waals surface area contributed by atoms with Gasteiger partial charge >= 0.3 is 0 Å². The van der Waals surface area contributed by atoms with E-state index in [-0.39, 0.29) is 11.5 Å². The first-order valence-corrected chi connectivity index (χ1v) is 10.5. The molecule has 0 radical (unpaired) electrons. The molecule has 1 saturated heterocycles. The molecule has 0 N–H and O–H groups in total. The maximum Gasteiger partial charge on any atom is 0.281 e. The van der Waals surface area contributed by atoms with Crippen LogP contribution in [0.2, 0.25) is 5.02 Å². The maximum absolute atomic E-state index is 13.2. The molecular weight excluding hydrogens is 404 g/mol. The fourth-order valence-corrected chi connectivity index (χ4v) is 4.20. The third-order valence-corrected chi connectivity index (χ3v) is 5.82. The molecule has 30 heavy (non-hydrogen) atoms. The van der Waals surface area contributed by atoms with Crippen molar-refractivity contribution in [2.45, 2.75) is 26.8 Å². The molecule has 1 aliphatic rings. The predicted octanol–water partition coefficient (Wildman–Crippen LogP) is 2.46. The minimum atomic E-state index is -0.0745. The highest BCUT2D eigenvalue weighted by Gasteiger charge is 2.27. The average Bonchev–Trinajstić information content (AvgIpc) is 3.03. The topological polar surface area (TPSA) is 76.3 Å². The van der Waals surface area contributed by atoms with Crippen LogP contribution < -0.4 is 10.5 Å². The molecule has 1 aliphatic heterocycles. The second-order valence-electron chi connectivity index (χ2n) is 7.53. The summed E-state index contributed by atoms with van der Waals surface area (Å²) in [4.78, 5) is 34.7. The van der Waals surface area contributed by atoms with Gasteiger partial charge < -0.3 is 9.80 Å². The second kappa shape index (κ2) is 8.10. The smallest absolute Gasteiger partial charge is 0.281 e. The zero-order chi connectivity index (χ0) is 21.4. The molecule has 3 heterocycles. The van der Waals surface area contributed by atoms with Gasteiger partial charge in [-0.3, -0.25) is 18.8 Å². The van der Waals surface area contributed by atoms with Crippen molar-refractivity contribution in [2.75, 3.05) is 31.1 Å². The largest absolute Gasteiger partial charge is 0.339 e. The number of rotatable bonds is 4. The summed E-state index contributed by atoms with van der Waals surface area (Å²) in [6, 6.07) is 7.10. The Morgan fingerprint density at radius 2 is 1.87 bits per heavy atom. The Labute approximate surface area is 179 Å². The molecule has 1 fully saturated rings. The first-order chi connectivity index (χ1) is 14.4. The Morgan fingerprint density at radius 3 is 2.53 bits per heavy atom. The Kier molecular flexibility index (Phi) is 5.51. The van der Waals surface area contributed by atoms with Crippen molar-refractivity contribution in [3.05, 3.63) is 50.9 Å². The van der Waals surface area contributed by atoms with E-state index < -0.39 is 0 Å². The van der Waals surface area contributed by atoms with Gasteiger partial charge in [-0.25, -0.2) is 4.98 Å². The molecule has 0 atom stereocenters. The van der Waals surface area contributed by atoms with Crippen LogP contribution in [0.3, 0.4) is 0 Å². The Hall–Kier alpha value is -2.87. The van der Waals surface area contributed by atoms with Crippen LogP contribution in [0.5, 0.6) is 0 Å². The highest BCUT2D eigenvalue weighted by molar-refractivity contribution is 6.33. The number of amides is 1. The fraction of sp³-hybridized carbons (Fsp3) is 0.429. The van der Waals surface area contributed by atoms with E-state index in [4.69, 9.17) is 16.6 Å². The number of hydrogen-bond acceptors (Lipinski definition) is 5. The lowest BCUT2D eigenvalue weighted by atomic mass is 10.2. The van der Waals surface area contributed by atoms with Gasteiger partial charge in [-0.2, -0.15) is 5.10 Å². The van der Waals surface area contributed by atoms with Crippen molar-refractivity contribution in [1.29, 1.82) is 0 Å². The molecule has 0 unspecified atom stereocenters. The SMILES string of the molecule is CCCn1c(N2CCN(C(=O)c3ccccc3Cl)CC2)nc2c(C)nn(C)c2c1=O. The minimum Gasteiger partial charge on any atom is -0.339 e. The standard InChI is InChI=1S/C21H25ClN6O2/c1-4-9-28-20(30)18-17(14(2)24-25(18)3)23-21(28)27-12-10-26(11-13-27)19(29)15-7-5-6-8-16(15)22/h5-8H,4,9-13H2,1-3H3. The first-order valence-electron chi connectivity index (χ1n) is 10.1. The Morgan fingerprint density at radius 1 is 1.17 bits per heavy atom.